The lowest BCUT2D eigenvalue weighted by atomic mass is 9.99. The molecule has 0 fully saturated rings. The lowest BCUT2D eigenvalue weighted by molar-refractivity contribution is -0.160. The molecule has 0 aromatic heterocycles. The predicted octanol–water partition coefficient (Wildman–Crippen LogP) is 3.08. The van der Waals surface area contributed by atoms with Gasteiger partial charge < -0.3 is 15.7 Å². The van der Waals surface area contributed by atoms with Gasteiger partial charge in [-0.2, -0.15) is 26.3 Å². The summed E-state index contributed by atoms with van der Waals surface area (Å²) in [5, 5.41) is 11.6. The summed E-state index contributed by atoms with van der Waals surface area (Å²) < 4.78 is 77.8. The van der Waals surface area contributed by atoms with Gasteiger partial charge in [0, 0.05) is 6.54 Å². The van der Waals surface area contributed by atoms with Crippen LogP contribution in [-0.4, -0.2) is 29.8 Å². The number of rotatable bonds is 5. The lowest BCUT2D eigenvalue weighted by Crippen LogP contribution is -2.44. The SMILES string of the molecule is O=C(O)CCNC(=O)NC(c1ccccc1C(F)(F)F)C(F)(F)F. The minimum atomic E-state index is -5.19. The minimum absolute atomic E-state index is 0.470. The van der Waals surface area contributed by atoms with E-state index in [9.17, 15) is 35.9 Å². The summed E-state index contributed by atoms with van der Waals surface area (Å²) in [4.78, 5) is 21.7. The van der Waals surface area contributed by atoms with E-state index < -0.39 is 54.5 Å². The number of urea groups is 1. The average Bonchev–Trinajstić information content (AvgIpc) is 2.42. The quantitative estimate of drug-likeness (QED) is 0.708. The molecule has 0 saturated heterocycles. The summed E-state index contributed by atoms with van der Waals surface area (Å²) in [5.41, 5.74) is -2.69. The number of hydrogen-bond acceptors (Lipinski definition) is 2. The van der Waals surface area contributed by atoms with Gasteiger partial charge in [0.1, 0.15) is 0 Å². The van der Waals surface area contributed by atoms with Gasteiger partial charge in [0.15, 0.2) is 6.04 Å². The van der Waals surface area contributed by atoms with Gasteiger partial charge in [0.25, 0.3) is 0 Å². The Balaban J connectivity index is 3.04. The standard InChI is InChI=1S/C13H12F6N2O3/c14-12(15,16)8-4-2-1-3-7(8)10(13(17,18)19)21-11(24)20-6-5-9(22)23/h1-4,10H,5-6H2,(H,22,23)(H2,20,21,24). The number of carbonyl (C=O) groups excluding carboxylic acids is 1. The molecule has 1 aromatic carbocycles. The van der Waals surface area contributed by atoms with Gasteiger partial charge in [-0.1, -0.05) is 18.2 Å². The number of carboxylic acid groups (broad SMARTS) is 1. The molecule has 0 aliphatic rings. The molecule has 2 amide bonds. The van der Waals surface area contributed by atoms with Crippen LogP contribution in [0.4, 0.5) is 31.1 Å². The molecule has 0 radical (unpaired) electrons. The van der Waals surface area contributed by atoms with Gasteiger partial charge in [-0.3, -0.25) is 4.79 Å². The van der Waals surface area contributed by atoms with E-state index in [1.54, 1.807) is 0 Å². The number of alkyl halides is 6. The summed E-state index contributed by atoms with van der Waals surface area (Å²) >= 11 is 0. The number of amides is 2. The van der Waals surface area contributed by atoms with Crippen molar-refractivity contribution < 1.29 is 41.0 Å². The van der Waals surface area contributed by atoms with Crippen LogP contribution < -0.4 is 10.6 Å². The third kappa shape index (κ3) is 5.63. The molecule has 0 saturated carbocycles. The van der Waals surface area contributed by atoms with E-state index in [1.807, 2.05) is 5.32 Å². The first kappa shape index (κ1) is 19.6. The Hall–Kier alpha value is -2.46. The van der Waals surface area contributed by atoms with Crippen molar-refractivity contribution in [1.82, 2.24) is 10.6 Å². The van der Waals surface area contributed by atoms with Gasteiger partial charge in [-0.25, -0.2) is 4.79 Å². The maximum Gasteiger partial charge on any atom is 0.416 e. The normalized spacial score (nSPS) is 13.2. The molecule has 1 aromatic rings. The molecule has 0 spiro atoms. The molecular weight excluding hydrogens is 346 g/mol. The van der Waals surface area contributed by atoms with Crippen LogP contribution in [0.1, 0.15) is 23.6 Å². The van der Waals surface area contributed by atoms with Crippen molar-refractivity contribution in [3.05, 3.63) is 35.4 Å². The lowest BCUT2D eigenvalue weighted by Gasteiger charge is -2.25. The second-order valence-corrected chi connectivity index (χ2v) is 4.60. The van der Waals surface area contributed by atoms with Crippen LogP contribution in [0.5, 0.6) is 0 Å². The van der Waals surface area contributed by atoms with E-state index in [0.717, 1.165) is 12.1 Å². The highest BCUT2D eigenvalue weighted by molar-refractivity contribution is 5.75. The Kier molecular flexibility index (Phi) is 6.04. The molecule has 24 heavy (non-hydrogen) atoms. The van der Waals surface area contributed by atoms with Crippen LogP contribution in [0.25, 0.3) is 0 Å². The molecule has 3 N–H and O–H groups in total. The van der Waals surface area contributed by atoms with Crippen LogP contribution >= 0.6 is 0 Å². The highest BCUT2D eigenvalue weighted by Crippen LogP contribution is 2.40. The second kappa shape index (κ2) is 7.41. The molecule has 0 bridgehead atoms. The van der Waals surface area contributed by atoms with Crippen LogP contribution in [0.2, 0.25) is 0 Å². The first-order chi connectivity index (χ1) is 10.9. The van der Waals surface area contributed by atoms with Gasteiger partial charge >= 0.3 is 24.4 Å². The highest BCUT2D eigenvalue weighted by Gasteiger charge is 2.46. The zero-order valence-corrected chi connectivity index (χ0v) is 11.8. The van der Waals surface area contributed by atoms with Gasteiger partial charge in [0.05, 0.1) is 12.0 Å². The summed E-state index contributed by atoms with van der Waals surface area (Å²) in [7, 11) is 0. The fraction of sp³-hybridized carbons (Fsp3) is 0.385. The minimum Gasteiger partial charge on any atom is -0.481 e. The van der Waals surface area contributed by atoms with E-state index in [0.29, 0.717) is 12.1 Å². The van der Waals surface area contributed by atoms with Gasteiger partial charge in [-0.05, 0) is 11.6 Å². The Morgan fingerprint density at radius 2 is 1.67 bits per heavy atom. The second-order valence-electron chi connectivity index (χ2n) is 4.60. The number of carboxylic acids is 1. The maximum atomic E-state index is 13.1. The van der Waals surface area contributed by atoms with E-state index >= 15 is 0 Å². The van der Waals surface area contributed by atoms with E-state index in [1.165, 1.54) is 5.32 Å². The molecule has 0 aliphatic heterocycles. The molecule has 0 aliphatic carbocycles. The van der Waals surface area contributed by atoms with Crippen molar-refractivity contribution in [1.29, 1.82) is 0 Å². The Labute approximate surface area is 131 Å². The first-order valence-corrected chi connectivity index (χ1v) is 6.42. The monoisotopic (exact) mass is 358 g/mol. The largest absolute Gasteiger partial charge is 0.481 e. The van der Waals surface area contributed by atoms with Crippen molar-refractivity contribution in [3.8, 4) is 0 Å². The predicted molar refractivity (Wildman–Crippen MR) is 69.0 cm³/mol. The summed E-state index contributed by atoms with van der Waals surface area (Å²) in [6.45, 7) is -0.480. The highest BCUT2D eigenvalue weighted by atomic mass is 19.4. The van der Waals surface area contributed by atoms with Gasteiger partial charge in [-0.15, -0.1) is 0 Å². The van der Waals surface area contributed by atoms with Crippen LogP contribution in [0, 0.1) is 0 Å². The molecule has 1 rings (SSSR count). The van der Waals surface area contributed by atoms with Crippen LogP contribution in [0.15, 0.2) is 24.3 Å². The summed E-state index contributed by atoms with van der Waals surface area (Å²) in [6.07, 6.45) is -10.8. The fourth-order valence-corrected chi connectivity index (χ4v) is 1.81. The number of hydrogen-bond donors (Lipinski definition) is 3. The zero-order valence-electron chi connectivity index (χ0n) is 11.8. The fourth-order valence-electron chi connectivity index (χ4n) is 1.81. The summed E-state index contributed by atoms with van der Waals surface area (Å²) in [5.74, 6) is -1.30. The first-order valence-electron chi connectivity index (χ1n) is 6.42. The van der Waals surface area contributed by atoms with E-state index in [2.05, 4.69) is 0 Å². The van der Waals surface area contributed by atoms with Crippen molar-refractivity contribution in [2.45, 2.75) is 24.8 Å². The third-order valence-electron chi connectivity index (χ3n) is 2.80. The van der Waals surface area contributed by atoms with Crippen molar-refractivity contribution >= 4 is 12.0 Å². The van der Waals surface area contributed by atoms with Crippen molar-refractivity contribution in [3.63, 3.8) is 0 Å². The van der Waals surface area contributed by atoms with Crippen molar-refractivity contribution in [2.75, 3.05) is 6.54 Å². The number of carbonyl (C=O) groups is 2. The molecular formula is C13H12F6N2O3. The number of benzene rings is 1. The van der Waals surface area contributed by atoms with Gasteiger partial charge in [0.2, 0.25) is 0 Å². The Bertz CT molecular complexity index is 600. The van der Waals surface area contributed by atoms with Crippen LogP contribution in [-0.2, 0) is 11.0 Å². The topological polar surface area (TPSA) is 78.4 Å². The van der Waals surface area contributed by atoms with Crippen LogP contribution in [0.3, 0.4) is 0 Å². The Morgan fingerprint density at radius 1 is 1.08 bits per heavy atom. The average molecular weight is 358 g/mol. The van der Waals surface area contributed by atoms with Crippen molar-refractivity contribution in [2.24, 2.45) is 0 Å². The zero-order chi connectivity index (χ0) is 18.5. The molecule has 1 unspecified atom stereocenters. The van der Waals surface area contributed by atoms with E-state index in [4.69, 9.17) is 5.11 Å². The molecule has 0 heterocycles. The smallest absolute Gasteiger partial charge is 0.416 e. The molecule has 1 atom stereocenters. The summed E-state index contributed by atoms with van der Waals surface area (Å²) in [6, 6.07) is -1.35. The molecule has 11 heteroatoms. The van der Waals surface area contributed by atoms with E-state index in [-0.39, 0.29) is 0 Å². The molecule has 5 nitrogen and oxygen atoms in total. The Morgan fingerprint density at radius 3 is 2.17 bits per heavy atom. The number of halogens is 6. The third-order valence-corrected chi connectivity index (χ3v) is 2.80. The number of nitrogens with one attached hydrogen (secondary N) is 2. The molecule has 134 valence electrons. The number of aliphatic carboxylic acids is 1. The maximum absolute atomic E-state index is 13.1.